The normalized spacial score (nSPS) is 15.9. The molecule has 1 aromatic rings. The Kier molecular flexibility index (Phi) is 8.74. The zero-order valence-corrected chi connectivity index (χ0v) is 14.6. The molecule has 7 heteroatoms. The van der Waals surface area contributed by atoms with Crippen molar-refractivity contribution >= 4 is 24.3 Å². The highest BCUT2D eigenvalue weighted by atomic mass is 35.5. The van der Waals surface area contributed by atoms with E-state index in [4.69, 9.17) is 10.5 Å². The van der Waals surface area contributed by atoms with Crippen molar-refractivity contribution in [3.63, 3.8) is 0 Å². The Labute approximate surface area is 148 Å². The van der Waals surface area contributed by atoms with Gasteiger partial charge in [-0.15, -0.1) is 12.4 Å². The smallest absolute Gasteiger partial charge is 0.337 e. The lowest BCUT2D eigenvalue weighted by molar-refractivity contribution is -0.124. The Morgan fingerprint density at radius 2 is 1.92 bits per heavy atom. The summed E-state index contributed by atoms with van der Waals surface area (Å²) in [6.45, 7) is 1.88. The van der Waals surface area contributed by atoms with Crippen LogP contribution in [-0.4, -0.2) is 44.8 Å². The molecule has 1 aromatic carbocycles. The minimum Gasteiger partial charge on any atom is -0.465 e. The number of amides is 1. The van der Waals surface area contributed by atoms with Crippen molar-refractivity contribution in [3.8, 4) is 0 Å². The van der Waals surface area contributed by atoms with E-state index in [0.717, 1.165) is 18.4 Å². The molecule has 1 aliphatic rings. The van der Waals surface area contributed by atoms with Gasteiger partial charge in [0.25, 0.3) is 0 Å². The molecule has 1 amide bonds. The van der Waals surface area contributed by atoms with Crippen LogP contribution < -0.4 is 11.1 Å². The SMILES string of the molecule is COC(=O)c1ccc(CCNC(=O)C(N)C2CCOCC2)cc1.Cl. The molecule has 1 fully saturated rings. The molecule has 0 bridgehead atoms. The zero-order chi connectivity index (χ0) is 16.7. The second kappa shape index (κ2) is 10.3. The molecule has 1 saturated heterocycles. The van der Waals surface area contributed by atoms with Crippen LogP contribution in [0, 0.1) is 5.92 Å². The molecule has 134 valence electrons. The lowest BCUT2D eigenvalue weighted by Crippen LogP contribution is -2.47. The second-order valence-corrected chi connectivity index (χ2v) is 5.71. The van der Waals surface area contributed by atoms with Gasteiger partial charge in [0.2, 0.25) is 5.91 Å². The Hall–Kier alpha value is -1.63. The summed E-state index contributed by atoms with van der Waals surface area (Å²) >= 11 is 0. The summed E-state index contributed by atoms with van der Waals surface area (Å²) in [5, 5.41) is 2.88. The Balaban J connectivity index is 0.00000288. The number of rotatable bonds is 6. The molecule has 1 aliphatic heterocycles. The van der Waals surface area contributed by atoms with Crippen molar-refractivity contribution < 1.29 is 19.1 Å². The van der Waals surface area contributed by atoms with Crippen molar-refractivity contribution in [3.05, 3.63) is 35.4 Å². The predicted octanol–water partition coefficient (Wildman–Crippen LogP) is 1.31. The fourth-order valence-corrected chi connectivity index (χ4v) is 2.66. The van der Waals surface area contributed by atoms with Gasteiger partial charge in [0.1, 0.15) is 0 Å². The predicted molar refractivity (Wildman–Crippen MR) is 93.3 cm³/mol. The van der Waals surface area contributed by atoms with E-state index in [2.05, 4.69) is 10.1 Å². The average molecular weight is 357 g/mol. The number of hydrogen-bond acceptors (Lipinski definition) is 5. The third kappa shape index (κ3) is 5.78. The molecule has 0 aliphatic carbocycles. The van der Waals surface area contributed by atoms with Crippen molar-refractivity contribution in [2.24, 2.45) is 11.7 Å². The van der Waals surface area contributed by atoms with Crippen molar-refractivity contribution in [1.82, 2.24) is 5.32 Å². The first-order chi connectivity index (χ1) is 11.1. The van der Waals surface area contributed by atoms with E-state index >= 15 is 0 Å². The molecular formula is C17H25ClN2O4. The maximum atomic E-state index is 12.1. The number of carbonyl (C=O) groups excluding carboxylic acids is 2. The largest absolute Gasteiger partial charge is 0.465 e. The van der Waals surface area contributed by atoms with E-state index in [9.17, 15) is 9.59 Å². The third-order valence-corrected chi connectivity index (χ3v) is 4.16. The number of ether oxygens (including phenoxy) is 2. The molecular weight excluding hydrogens is 332 g/mol. The fourth-order valence-electron chi connectivity index (χ4n) is 2.66. The van der Waals surface area contributed by atoms with Crippen molar-refractivity contribution in [2.75, 3.05) is 26.9 Å². The summed E-state index contributed by atoms with van der Waals surface area (Å²) < 4.78 is 9.94. The van der Waals surface area contributed by atoms with Gasteiger partial charge in [0.15, 0.2) is 0 Å². The van der Waals surface area contributed by atoms with Crippen LogP contribution in [-0.2, 0) is 20.7 Å². The Bertz CT molecular complexity index is 530. The van der Waals surface area contributed by atoms with Gasteiger partial charge in [-0.1, -0.05) is 12.1 Å². The summed E-state index contributed by atoms with van der Waals surface area (Å²) in [4.78, 5) is 23.4. The first-order valence-corrected chi connectivity index (χ1v) is 7.90. The highest BCUT2D eigenvalue weighted by Crippen LogP contribution is 2.17. The molecule has 2 rings (SSSR count). The molecule has 3 N–H and O–H groups in total. The van der Waals surface area contributed by atoms with Gasteiger partial charge in [-0.05, 0) is 42.9 Å². The van der Waals surface area contributed by atoms with Gasteiger partial charge in [-0.2, -0.15) is 0 Å². The summed E-state index contributed by atoms with van der Waals surface area (Å²) in [7, 11) is 1.35. The van der Waals surface area contributed by atoms with Gasteiger partial charge in [0.05, 0.1) is 18.7 Å². The minimum atomic E-state index is -0.472. The summed E-state index contributed by atoms with van der Waals surface area (Å²) in [5.41, 5.74) is 7.58. The average Bonchev–Trinajstić information content (AvgIpc) is 2.61. The van der Waals surface area contributed by atoms with Crippen LogP contribution in [0.15, 0.2) is 24.3 Å². The van der Waals surface area contributed by atoms with Crippen molar-refractivity contribution in [2.45, 2.75) is 25.3 Å². The molecule has 24 heavy (non-hydrogen) atoms. The summed E-state index contributed by atoms with van der Waals surface area (Å²) in [5.74, 6) is -0.265. The number of esters is 1. The molecule has 1 atom stereocenters. The molecule has 0 saturated carbocycles. The van der Waals surface area contributed by atoms with Crippen molar-refractivity contribution in [1.29, 1.82) is 0 Å². The Morgan fingerprint density at radius 1 is 1.29 bits per heavy atom. The quantitative estimate of drug-likeness (QED) is 0.750. The molecule has 6 nitrogen and oxygen atoms in total. The molecule has 0 aromatic heterocycles. The first kappa shape index (κ1) is 20.4. The van der Waals surface area contributed by atoms with E-state index in [0.29, 0.717) is 31.7 Å². The summed E-state index contributed by atoms with van der Waals surface area (Å²) in [6.07, 6.45) is 2.36. The lowest BCUT2D eigenvalue weighted by Gasteiger charge is -2.26. The van der Waals surface area contributed by atoms with Gasteiger partial charge in [-0.25, -0.2) is 4.79 Å². The van der Waals surface area contributed by atoms with E-state index < -0.39 is 6.04 Å². The van der Waals surface area contributed by atoms with Crippen LogP contribution in [0.25, 0.3) is 0 Å². The molecule has 1 heterocycles. The molecule has 1 unspecified atom stereocenters. The highest BCUT2D eigenvalue weighted by Gasteiger charge is 2.26. The maximum Gasteiger partial charge on any atom is 0.337 e. The van der Waals surface area contributed by atoms with E-state index in [1.165, 1.54) is 7.11 Å². The molecule has 0 spiro atoms. The highest BCUT2D eigenvalue weighted by molar-refractivity contribution is 5.89. The zero-order valence-electron chi connectivity index (χ0n) is 13.8. The van der Waals surface area contributed by atoms with Gasteiger partial charge < -0.3 is 20.5 Å². The van der Waals surface area contributed by atoms with Crippen LogP contribution >= 0.6 is 12.4 Å². The van der Waals surface area contributed by atoms with Gasteiger partial charge in [0, 0.05) is 19.8 Å². The maximum absolute atomic E-state index is 12.1. The van der Waals surface area contributed by atoms with E-state index in [1.54, 1.807) is 12.1 Å². The third-order valence-electron chi connectivity index (χ3n) is 4.16. The van der Waals surface area contributed by atoms with Gasteiger partial charge in [-0.3, -0.25) is 4.79 Å². The van der Waals surface area contributed by atoms with Gasteiger partial charge >= 0.3 is 5.97 Å². The van der Waals surface area contributed by atoms with E-state index in [1.807, 2.05) is 12.1 Å². The first-order valence-electron chi connectivity index (χ1n) is 7.90. The van der Waals surface area contributed by atoms with E-state index in [-0.39, 0.29) is 30.2 Å². The monoisotopic (exact) mass is 356 g/mol. The number of halogens is 1. The number of carbonyl (C=O) groups is 2. The fraction of sp³-hybridized carbons (Fsp3) is 0.529. The number of methoxy groups -OCH3 is 1. The standard InChI is InChI=1S/C17H24N2O4.ClH/c1-22-17(21)14-4-2-12(3-5-14)6-9-19-16(20)15(18)13-7-10-23-11-8-13;/h2-5,13,15H,6-11,18H2,1H3,(H,19,20);1H. The number of benzene rings is 1. The van der Waals surface area contributed by atoms with Crippen LogP contribution in [0.2, 0.25) is 0 Å². The Morgan fingerprint density at radius 3 is 2.50 bits per heavy atom. The lowest BCUT2D eigenvalue weighted by atomic mass is 9.92. The van der Waals surface area contributed by atoms with Crippen LogP contribution in [0.4, 0.5) is 0 Å². The number of nitrogens with one attached hydrogen (secondary N) is 1. The second-order valence-electron chi connectivity index (χ2n) is 5.71. The number of nitrogens with two attached hydrogens (primary N) is 1. The molecule has 0 radical (unpaired) electrons. The topological polar surface area (TPSA) is 90.7 Å². The van der Waals surface area contributed by atoms with Crippen LogP contribution in [0.3, 0.4) is 0 Å². The summed E-state index contributed by atoms with van der Waals surface area (Å²) in [6, 6.07) is 6.68. The minimum absolute atomic E-state index is 0. The number of hydrogen-bond donors (Lipinski definition) is 2. The van der Waals surface area contributed by atoms with Crippen LogP contribution in [0.5, 0.6) is 0 Å². The van der Waals surface area contributed by atoms with Crippen LogP contribution in [0.1, 0.15) is 28.8 Å².